The van der Waals surface area contributed by atoms with Crippen molar-refractivity contribution < 1.29 is 19.2 Å². The fraction of sp³-hybridized carbons (Fsp3) is 0.442. The van der Waals surface area contributed by atoms with Crippen LogP contribution in [0, 0.1) is 0 Å². The van der Waals surface area contributed by atoms with Crippen molar-refractivity contribution in [2.75, 3.05) is 108 Å². The second-order valence-corrected chi connectivity index (χ2v) is 15.5. The molecule has 0 aliphatic carbocycles. The Morgan fingerprint density at radius 2 is 0.945 bits per heavy atom. The van der Waals surface area contributed by atoms with Gasteiger partial charge < -0.3 is 25.3 Å². The van der Waals surface area contributed by atoms with E-state index >= 15 is 0 Å². The predicted octanol–water partition coefficient (Wildman–Crippen LogP) is 3.74. The lowest BCUT2D eigenvalue weighted by Gasteiger charge is -2.39. The molecule has 0 radical (unpaired) electrons. The number of anilines is 2. The molecule has 12 heteroatoms. The zero-order valence-corrected chi connectivity index (χ0v) is 32.3. The monoisotopic (exact) mass is 744 g/mol. The van der Waals surface area contributed by atoms with Gasteiger partial charge in [-0.3, -0.25) is 33.9 Å². The van der Waals surface area contributed by atoms with E-state index in [-0.39, 0.29) is 36.7 Å². The molecule has 0 spiro atoms. The Kier molecular flexibility index (Phi) is 10.6. The van der Waals surface area contributed by atoms with Gasteiger partial charge in [-0.05, 0) is 76.8 Å². The van der Waals surface area contributed by atoms with Gasteiger partial charge in [-0.15, -0.1) is 0 Å². The van der Waals surface area contributed by atoms with Crippen LogP contribution in [0.3, 0.4) is 0 Å². The Balaban J connectivity index is 0.800. The molecule has 288 valence electrons. The van der Waals surface area contributed by atoms with E-state index in [0.717, 1.165) is 91.7 Å². The van der Waals surface area contributed by atoms with E-state index in [4.69, 9.17) is 0 Å². The van der Waals surface area contributed by atoms with Crippen LogP contribution in [0.1, 0.15) is 61.7 Å². The molecular weight excluding hydrogens is 693 g/mol. The molecule has 0 saturated carbocycles. The van der Waals surface area contributed by atoms with Crippen molar-refractivity contribution in [1.82, 2.24) is 30.2 Å². The zero-order valence-electron chi connectivity index (χ0n) is 32.3. The second kappa shape index (κ2) is 15.7. The van der Waals surface area contributed by atoms with Crippen LogP contribution >= 0.6 is 0 Å². The number of rotatable bonds is 13. The first-order valence-corrected chi connectivity index (χ1v) is 19.9. The molecule has 8 rings (SSSR count). The number of carbonyl (C=O) groups is 4. The third-order valence-corrected chi connectivity index (χ3v) is 11.9. The van der Waals surface area contributed by atoms with Gasteiger partial charge in [0.05, 0.1) is 0 Å². The van der Waals surface area contributed by atoms with Crippen molar-refractivity contribution in [3.05, 3.63) is 82.9 Å². The maximum absolute atomic E-state index is 13.6. The van der Waals surface area contributed by atoms with Gasteiger partial charge in [0.25, 0.3) is 23.6 Å². The van der Waals surface area contributed by atoms with E-state index in [0.29, 0.717) is 54.5 Å². The highest BCUT2D eigenvalue weighted by Gasteiger charge is 2.35. The van der Waals surface area contributed by atoms with Gasteiger partial charge in [-0.2, -0.15) is 0 Å². The van der Waals surface area contributed by atoms with Gasteiger partial charge in [-0.25, -0.2) is 0 Å². The lowest BCUT2D eigenvalue weighted by molar-refractivity contribution is 0.0597. The van der Waals surface area contributed by atoms with Crippen LogP contribution in [-0.2, 0) is 0 Å². The smallest absolute Gasteiger partial charge is 0.261 e. The predicted molar refractivity (Wildman–Crippen MR) is 218 cm³/mol. The van der Waals surface area contributed by atoms with Crippen molar-refractivity contribution in [1.29, 1.82) is 0 Å². The van der Waals surface area contributed by atoms with Crippen LogP contribution in [0.15, 0.2) is 60.7 Å². The summed E-state index contributed by atoms with van der Waals surface area (Å²) in [7, 11) is 2.13. The van der Waals surface area contributed by atoms with Gasteiger partial charge in [-0.1, -0.05) is 24.3 Å². The number of imide groups is 2. The first-order chi connectivity index (χ1) is 26.7. The maximum atomic E-state index is 13.6. The maximum Gasteiger partial charge on any atom is 0.261 e. The highest BCUT2D eigenvalue weighted by Crippen LogP contribution is 2.38. The van der Waals surface area contributed by atoms with E-state index in [9.17, 15) is 19.2 Å². The standard InChI is InChI=1S/C43H52N8O4/c1-29(2)47-25-27-49(28-26-47)37-14-12-35-39-31(37)8-5-10-33(39)41(53)51(43(35)55)20-18-45-16-6-15-44-17-19-50-40(52)32-9-4-7-30-36(48-23-21-46(3)22-24-48)13-11-34(38(30)32)42(50)54/h4-5,7-14,29,44-45H,6,15-28H2,1-3H3. The fourth-order valence-corrected chi connectivity index (χ4v) is 8.72. The van der Waals surface area contributed by atoms with Crippen LogP contribution in [0.2, 0.25) is 0 Å². The Morgan fingerprint density at radius 3 is 1.38 bits per heavy atom. The van der Waals surface area contributed by atoms with Crippen LogP contribution < -0.4 is 20.4 Å². The highest BCUT2D eigenvalue weighted by atomic mass is 16.2. The minimum absolute atomic E-state index is 0.246. The van der Waals surface area contributed by atoms with E-state index in [2.05, 4.69) is 51.1 Å². The second-order valence-electron chi connectivity index (χ2n) is 15.5. The van der Waals surface area contributed by atoms with Crippen molar-refractivity contribution in [3.63, 3.8) is 0 Å². The molecule has 55 heavy (non-hydrogen) atoms. The molecule has 2 saturated heterocycles. The first-order valence-electron chi connectivity index (χ1n) is 19.9. The average Bonchev–Trinajstić information content (AvgIpc) is 3.20. The summed E-state index contributed by atoms with van der Waals surface area (Å²) in [6.45, 7) is 14.9. The molecule has 4 aliphatic rings. The van der Waals surface area contributed by atoms with E-state index < -0.39 is 0 Å². The van der Waals surface area contributed by atoms with Gasteiger partial charge in [0.1, 0.15) is 0 Å². The number of hydrogen-bond acceptors (Lipinski definition) is 10. The normalized spacial score (nSPS) is 18.2. The molecule has 4 aliphatic heterocycles. The highest BCUT2D eigenvalue weighted by molar-refractivity contribution is 6.28. The zero-order chi connectivity index (χ0) is 38.2. The number of amides is 4. The molecule has 0 unspecified atom stereocenters. The molecule has 4 amide bonds. The van der Waals surface area contributed by atoms with Crippen LogP contribution in [0.4, 0.5) is 11.4 Å². The third kappa shape index (κ3) is 6.97. The summed E-state index contributed by atoms with van der Waals surface area (Å²) in [4.78, 5) is 66.7. The van der Waals surface area contributed by atoms with Gasteiger partial charge in [0, 0.05) is 140 Å². The Morgan fingerprint density at radius 1 is 0.527 bits per heavy atom. The number of likely N-dealkylation sites (N-methyl/N-ethyl adjacent to an activating group) is 1. The summed E-state index contributed by atoms with van der Waals surface area (Å²) < 4.78 is 0. The van der Waals surface area contributed by atoms with E-state index in [1.54, 1.807) is 0 Å². The molecule has 2 N–H and O–H groups in total. The Labute approximate surface area is 323 Å². The summed E-state index contributed by atoms with van der Waals surface area (Å²) in [6, 6.07) is 19.9. The SMILES string of the molecule is CC(C)N1CCN(c2ccc3c4c(cccc24)C(=O)N(CCNCCCNCCN2C(=O)c4cccc5c(N6CCN(C)CC6)ccc(c45)C2=O)C3=O)CC1. The molecular formula is C43H52N8O4. The first kappa shape index (κ1) is 37.1. The molecule has 0 atom stereocenters. The number of piperazine rings is 2. The van der Waals surface area contributed by atoms with E-state index in [1.165, 1.54) is 9.80 Å². The van der Waals surface area contributed by atoms with Gasteiger partial charge >= 0.3 is 0 Å². The average molecular weight is 745 g/mol. The minimum Gasteiger partial charge on any atom is -0.368 e. The number of carbonyl (C=O) groups excluding carboxylic acids is 4. The van der Waals surface area contributed by atoms with Gasteiger partial charge in [0.15, 0.2) is 0 Å². The van der Waals surface area contributed by atoms with Crippen LogP contribution in [0.25, 0.3) is 21.5 Å². The summed E-state index contributed by atoms with van der Waals surface area (Å²) in [5.41, 5.74) is 4.49. The summed E-state index contributed by atoms with van der Waals surface area (Å²) in [5.74, 6) is -0.985. The summed E-state index contributed by atoms with van der Waals surface area (Å²) in [5, 5.41) is 10.2. The minimum atomic E-state index is -0.247. The summed E-state index contributed by atoms with van der Waals surface area (Å²) in [6.07, 6.45) is 0.803. The lowest BCUT2D eigenvalue weighted by Crippen LogP contribution is -2.49. The third-order valence-electron chi connectivity index (χ3n) is 11.9. The van der Waals surface area contributed by atoms with Crippen LogP contribution in [-0.4, -0.2) is 148 Å². The topological polar surface area (TPSA) is 112 Å². The number of hydrogen-bond donors (Lipinski definition) is 2. The molecule has 2 fully saturated rings. The Hall–Kier alpha value is -4.88. The van der Waals surface area contributed by atoms with Crippen molar-refractivity contribution in [2.24, 2.45) is 0 Å². The number of nitrogens with zero attached hydrogens (tertiary/aromatic N) is 6. The quantitative estimate of drug-likeness (QED) is 0.155. The largest absolute Gasteiger partial charge is 0.368 e. The fourth-order valence-electron chi connectivity index (χ4n) is 8.72. The van der Waals surface area contributed by atoms with Crippen molar-refractivity contribution in [2.45, 2.75) is 26.3 Å². The number of benzene rings is 4. The molecule has 4 aromatic rings. The van der Waals surface area contributed by atoms with Crippen molar-refractivity contribution >= 4 is 56.5 Å². The number of nitrogens with one attached hydrogen (secondary N) is 2. The summed E-state index contributed by atoms with van der Waals surface area (Å²) >= 11 is 0. The Bertz CT molecular complexity index is 2090. The molecule has 12 nitrogen and oxygen atoms in total. The van der Waals surface area contributed by atoms with Gasteiger partial charge in [0.2, 0.25) is 0 Å². The molecule has 0 aromatic heterocycles. The van der Waals surface area contributed by atoms with E-state index in [1.807, 2.05) is 60.7 Å². The molecule has 4 aromatic carbocycles. The molecule has 4 heterocycles. The molecule has 0 bridgehead atoms. The lowest BCUT2D eigenvalue weighted by atomic mass is 9.92. The van der Waals surface area contributed by atoms with Crippen LogP contribution in [0.5, 0.6) is 0 Å². The van der Waals surface area contributed by atoms with Crippen molar-refractivity contribution in [3.8, 4) is 0 Å².